The van der Waals surface area contributed by atoms with Gasteiger partial charge in [0.15, 0.2) is 11.5 Å². The van der Waals surface area contributed by atoms with E-state index in [0.29, 0.717) is 6.61 Å². The summed E-state index contributed by atoms with van der Waals surface area (Å²) >= 11 is 10.4. The molecule has 0 aliphatic rings. The van der Waals surface area contributed by atoms with Crippen LogP contribution in [0.4, 0.5) is 0 Å². The molecule has 0 spiro atoms. The largest absolute Gasteiger partial charge is 0.493 e. The zero-order valence-electron chi connectivity index (χ0n) is 10.8. The summed E-state index contributed by atoms with van der Waals surface area (Å²) in [4.78, 5) is 0. The zero-order valence-corrected chi connectivity index (χ0v) is 15.6. The third kappa shape index (κ3) is 3.99. The first-order valence-electron chi connectivity index (χ1n) is 5.93. The van der Waals surface area contributed by atoms with Crippen LogP contribution in [0, 0.1) is 0 Å². The van der Waals surface area contributed by atoms with Gasteiger partial charge in [-0.3, -0.25) is 0 Å². The van der Waals surface area contributed by atoms with Gasteiger partial charge in [-0.25, -0.2) is 0 Å². The van der Waals surface area contributed by atoms with Crippen LogP contribution in [-0.4, -0.2) is 7.11 Å². The molecule has 20 heavy (non-hydrogen) atoms. The summed E-state index contributed by atoms with van der Waals surface area (Å²) in [5.74, 6) is 1.45. The molecule has 0 heterocycles. The van der Waals surface area contributed by atoms with Crippen molar-refractivity contribution in [2.24, 2.45) is 0 Å². The van der Waals surface area contributed by atoms with Crippen molar-refractivity contribution in [3.8, 4) is 11.5 Å². The lowest BCUT2D eigenvalue weighted by Gasteiger charge is -2.14. The van der Waals surface area contributed by atoms with Crippen molar-refractivity contribution in [1.29, 1.82) is 0 Å². The van der Waals surface area contributed by atoms with Gasteiger partial charge in [0.05, 0.1) is 11.6 Å². The van der Waals surface area contributed by atoms with Crippen molar-refractivity contribution in [3.63, 3.8) is 0 Å². The number of hydrogen-bond acceptors (Lipinski definition) is 2. The fourth-order valence-corrected chi connectivity index (χ4v) is 3.15. The van der Waals surface area contributed by atoms with Crippen LogP contribution < -0.4 is 9.47 Å². The van der Waals surface area contributed by atoms with Crippen LogP contribution >= 0.6 is 47.8 Å². The second-order valence-corrected chi connectivity index (χ2v) is 6.49. The molecule has 0 radical (unpaired) electrons. The van der Waals surface area contributed by atoms with Gasteiger partial charge >= 0.3 is 0 Å². The average Bonchev–Trinajstić information content (AvgIpc) is 2.45. The zero-order chi connectivity index (χ0) is 14.5. The number of benzene rings is 2. The van der Waals surface area contributed by atoms with Gasteiger partial charge in [0, 0.05) is 9.80 Å². The maximum absolute atomic E-state index is 5.89. The van der Waals surface area contributed by atoms with Gasteiger partial charge in [-0.15, -0.1) is 0 Å². The first kappa shape index (κ1) is 15.9. The molecular weight excluding hydrogens is 452 g/mol. The Labute approximate surface area is 143 Å². The Morgan fingerprint density at radius 3 is 2.50 bits per heavy atom. The first-order valence-corrected chi connectivity index (χ1v) is 8.64. The Hall–Kier alpha value is -0.520. The highest BCUT2D eigenvalue weighted by Gasteiger charge is 2.11. The number of ether oxygens (including phenoxy) is 2. The smallest absolute Gasteiger partial charge is 0.175 e. The summed E-state index contributed by atoms with van der Waals surface area (Å²) in [6, 6.07) is 12.0. The van der Waals surface area contributed by atoms with Crippen molar-refractivity contribution in [2.45, 2.75) is 11.9 Å². The van der Waals surface area contributed by atoms with Crippen LogP contribution in [0.1, 0.15) is 11.1 Å². The van der Waals surface area contributed by atoms with Gasteiger partial charge in [-0.2, -0.15) is 0 Å². The summed E-state index contributed by atoms with van der Waals surface area (Å²) in [5, 5.41) is 0.772. The summed E-state index contributed by atoms with van der Waals surface area (Å²) in [5.41, 5.74) is 2.22. The van der Waals surface area contributed by atoms with Crippen LogP contribution in [0.25, 0.3) is 0 Å². The minimum Gasteiger partial charge on any atom is -0.493 e. The minimum absolute atomic E-state index is 0.488. The highest BCUT2D eigenvalue weighted by Crippen LogP contribution is 2.37. The lowest BCUT2D eigenvalue weighted by molar-refractivity contribution is 0.282. The molecule has 106 valence electrons. The molecule has 0 bridgehead atoms. The second-order valence-electron chi connectivity index (χ2n) is 4.16. The summed E-state index contributed by atoms with van der Waals surface area (Å²) in [7, 11) is 1.64. The second kappa shape index (κ2) is 7.48. The fourth-order valence-electron chi connectivity index (χ4n) is 1.77. The highest BCUT2D eigenvalue weighted by atomic mass is 79.9. The van der Waals surface area contributed by atoms with Gasteiger partial charge < -0.3 is 9.47 Å². The van der Waals surface area contributed by atoms with E-state index in [-0.39, 0.29) is 0 Å². The maximum Gasteiger partial charge on any atom is 0.175 e. The molecule has 0 saturated carbocycles. The lowest BCUT2D eigenvalue weighted by atomic mass is 10.2. The average molecular weight is 465 g/mol. The van der Waals surface area contributed by atoms with Crippen LogP contribution in [-0.2, 0) is 11.9 Å². The Bertz CT molecular complexity index is 600. The maximum atomic E-state index is 5.89. The van der Waals surface area contributed by atoms with Gasteiger partial charge in [0.2, 0.25) is 0 Å². The van der Waals surface area contributed by atoms with Gasteiger partial charge in [-0.1, -0.05) is 44.0 Å². The van der Waals surface area contributed by atoms with E-state index in [2.05, 4.69) is 47.8 Å². The Kier molecular flexibility index (Phi) is 5.93. The standard InChI is InChI=1S/C15H13Br3O2/c1-19-14-7-11(8-16)6-13(18)15(14)20-9-10-3-2-4-12(17)5-10/h2-7H,8-9H2,1H3. The molecule has 0 atom stereocenters. The Morgan fingerprint density at radius 1 is 1.05 bits per heavy atom. The van der Waals surface area contributed by atoms with Gasteiger partial charge in [0.1, 0.15) is 6.61 Å². The highest BCUT2D eigenvalue weighted by molar-refractivity contribution is 9.11. The topological polar surface area (TPSA) is 18.5 Å². The molecule has 0 unspecified atom stereocenters. The van der Waals surface area contributed by atoms with Crippen LogP contribution in [0.15, 0.2) is 45.3 Å². The predicted molar refractivity (Wildman–Crippen MR) is 91.8 cm³/mol. The van der Waals surface area contributed by atoms with E-state index < -0.39 is 0 Å². The van der Waals surface area contributed by atoms with Crippen LogP contribution in [0.5, 0.6) is 11.5 Å². The number of halogens is 3. The Morgan fingerprint density at radius 2 is 1.85 bits per heavy atom. The normalized spacial score (nSPS) is 10.4. The van der Waals surface area contributed by atoms with E-state index in [0.717, 1.165) is 36.9 Å². The lowest BCUT2D eigenvalue weighted by Crippen LogP contribution is -1.99. The third-order valence-corrected chi connectivity index (χ3v) is 4.45. The van der Waals surface area contributed by atoms with E-state index >= 15 is 0 Å². The molecular formula is C15H13Br3O2. The molecule has 0 aromatic heterocycles. The van der Waals surface area contributed by atoms with Crippen molar-refractivity contribution in [3.05, 3.63) is 56.5 Å². The SMILES string of the molecule is COc1cc(CBr)cc(Br)c1OCc1cccc(Br)c1. The van der Waals surface area contributed by atoms with Gasteiger partial charge in [0.25, 0.3) is 0 Å². The Balaban J connectivity index is 2.20. The number of alkyl halides is 1. The molecule has 2 nitrogen and oxygen atoms in total. The summed E-state index contributed by atoms with van der Waals surface area (Å²) in [6.07, 6.45) is 0. The third-order valence-electron chi connectivity index (χ3n) is 2.72. The molecule has 0 amide bonds. The monoisotopic (exact) mass is 462 g/mol. The van der Waals surface area contributed by atoms with Crippen LogP contribution in [0.2, 0.25) is 0 Å². The van der Waals surface area contributed by atoms with Gasteiger partial charge in [-0.05, 0) is 51.3 Å². The number of hydrogen-bond donors (Lipinski definition) is 0. The molecule has 0 saturated heterocycles. The molecule has 0 N–H and O–H groups in total. The summed E-state index contributed by atoms with van der Waals surface area (Å²) < 4.78 is 13.2. The van der Waals surface area contributed by atoms with Crippen molar-refractivity contribution >= 4 is 47.8 Å². The van der Waals surface area contributed by atoms with Crippen LogP contribution in [0.3, 0.4) is 0 Å². The van der Waals surface area contributed by atoms with E-state index in [1.54, 1.807) is 7.11 Å². The van der Waals surface area contributed by atoms with E-state index in [1.807, 2.05) is 36.4 Å². The van der Waals surface area contributed by atoms with E-state index in [1.165, 1.54) is 0 Å². The molecule has 2 aromatic carbocycles. The molecule has 2 rings (SSSR count). The predicted octanol–water partition coefficient (Wildman–Crippen LogP) is 5.69. The fraction of sp³-hybridized carbons (Fsp3) is 0.200. The van der Waals surface area contributed by atoms with Crippen molar-refractivity contribution in [2.75, 3.05) is 7.11 Å². The van der Waals surface area contributed by atoms with Crippen molar-refractivity contribution < 1.29 is 9.47 Å². The first-order chi connectivity index (χ1) is 9.63. The number of rotatable bonds is 5. The van der Waals surface area contributed by atoms with E-state index in [4.69, 9.17) is 9.47 Å². The number of methoxy groups -OCH3 is 1. The molecule has 0 aliphatic heterocycles. The minimum atomic E-state index is 0.488. The molecule has 0 fully saturated rings. The van der Waals surface area contributed by atoms with E-state index in [9.17, 15) is 0 Å². The summed E-state index contributed by atoms with van der Waals surface area (Å²) in [6.45, 7) is 0.488. The molecule has 2 aromatic rings. The molecule has 0 aliphatic carbocycles. The van der Waals surface area contributed by atoms with Crippen molar-refractivity contribution in [1.82, 2.24) is 0 Å². The quantitative estimate of drug-likeness (QED) is 0.529. The molecule has 5 heteroatoms.